The molecule has 1 N–H and O–H groups in total. The van der Waals surface area contributed by atoms with Crippen molar-refractivity contribution < 1.29 is 17.6 Å². The zero-order valence-electron chi connectivity index (χ0n) is 12.7. The molecule has 0 aliphatic rings. The molecule has 0 fully saturated rings. The number of sulfone groups is 1. The fourth-order valence-corrected chi connectivity index (χ4v) is 3.44. The molecule has 1 heterocycles. The van der Waals surface area contributed by atoms with Crippen molar-refractivity contribution in [1.29, 1.82) is 0 Å². The minimum Gasteiger partial charge on any atom is -0.403 e. The first-order valence-electron chi connectivity index (χ1n) is 7.11. The van der Waals surface area contributed by atoms with Crippen molar-refractivity contribution in [2.45, 2.75) is 4.90 Å². The van der Waals surface area contributed by atoms with Gasteiger partial charge in [-0.05, 0) is 36.4 Å². The maximum absolute atomic E-state index is 12.2. The van der Waals surface area contributed by atoms with E-state index in [1.54, 1.807) is 30.3 Å². The number of anilines is 1. The minimum atomic E-state index is -3.74. The first-order valence-corrected chi connectivity index (χ1v) is 9.56. The summed E-state index contributed by atoms with van der Waals surface area (Å²) in [5.41, 5.74) is 0.674. The van der Waals surface area contributed by atoms with Gasteiger partial charge < -0.3 is 4.42 Å². The third-order valence-corrected chi connectivity index (χ3v) is 5.35. The molecule has 128 valence electrons. The molecule has 1 amide bonds. The molecular formula is C16H12BrN3O4S. The van der Waals surface area contributed by atoms with E-state index in [0.29, 0.717) is 5.56 Å². The van der Waals surface area contributed by atoms with Crippen molar-refractivity contribution in [3.05, 3.63) is 59.1 Å². The van der Waals surface area contributed by atoms with Crippen LogP contribution in [0.25, 0.3) is 11.5 Å². The van der Waals surface area contributed by atoms with Gasteiger partial charge in [0.05, 0.1) is 4.90 Å². The van der Waals surface area contributed by atoms with E-state index in [9.17, 15) is 13.2 Å². The molecular weight excluding hydrogens is 410 g/mol. The molecule has 0 bridgehead atoms. The molecule has 0 spiro atoms. The van der Waals surface area contributed by atoms with E-state index in [0.717, 1.165) is 4.47 Å². The third-order valence-electron chi connectivity index (χ3n) is 3.19. The second-order valence-electron chi connectivity index (χ2n) is 5.04. The number of aromatic nitrogens is 2. The van der Waals surface area contributed by atoms with Crippen LogP contribution < -0.4 is 5.32 Å². The fourth-order valence-electron chi connectivity index (χ4n) is 2.02. The van der Waals surface area contributed by atoms with Crippen LogP contribution in [0.1, 0.15) is 0 Å². The molecule has 1 aromatic heterocycles. The van der Waals surface area contributed by atoms with Crippen molar-refractivity contribution in [1.82, 2.24) is 10.2 Å². The molecule has 3 rings (SSSR count). The Kier molecular flexibility index (Phi) is 4.95. The van der Waals surface area contributed by atoms with Gasteiger partial charge in [-0.3, -0.25) is 10.1 Å². The average Bonchev–Trinajstić information content (AvgIpc) is 3.04. The Hall–Kier alpha value is -2.52. The molecule has 0 aliphatic heterocycles. The average molecular weight is 422 g/mol. The normalized spacial score (nSPS) is 11.2. The molecule has 0 saturated carbocycles. The number of halogens is 1. The summed E-state index contributed by atoms with van der Waals surface area (Å²) in [5.74, 6) is -1.25. The lowest BCUT2D eigenvalue weighted by molar-refractivity contribution is -0.114. The topological polar surface area (TPSA) is 102 Å². The Balaban J connectivity index is 1.69. The third kappa shape index (κ3) is 4.31. The first kappa shape index (κ1) is 17.3. The predicted octanol–water partition coefficient (Wildman–Crippen LogP) is 2.91. The maximum Gasteiger partial charge on any atom is 0.322 e. The van der Waals surface area contributed by atoms with Crippen LogP contribution in [0.4, 0.5) is 6.01 Å². The Morgan fingerprint density at radius 3 is 2.40 bits per heavy atom. The molecule has 7 nitrogen and oxygen atoms in total. The summed E-state index contributed by atoms with van der Waals surface area (Å²) >= 11 is 3.32. The van der Waals surface area contributed by atoms with Gasteiger partial charge in [0, 0.05) is 10.0 Å². The van der Waals surface area contributed by atoms with Crippen molar-refractivity contribution in [2.24, 2.45) is 0 Å². The maximum atomic E-state index is 12.2. The summed E-state index contributed by atoms with van der Waals surface area (Å²) in [7, 11) is -3.74. The standard InChI is InChI=1S/C16H12BrN3O4S/c17-12-8-6-11(7-9-12)15-19-20-16(24-15)18-14(21)10-25(22,23)13-4-2-1-3-5-13/h1-9H,10H2,(H,18,20,21). The molecule has 0 radical (unpaired) electrons. The van der Waals surface area contributed by atoms with Gasteiger partial charge in [0.15, 0.2) is 9.84 Å². The van der Waals surface area contributed by atoms with Crippen molar-refractivity contribution >= 4 is 37.7 Å². The van der Waals surface area contributed by atoms with E-state index in [4.69, 9.17) is 4.42 Å². The van der Waals surface area contributed by atoms with Gasteiger partial charge in [-0.15, -0.1) is 5.10 Å². The van der Waals surface area contributed by atoms with Crippen LogP contribution in [-0.4, -0.2) is 30.3 Å². The molecule has 0 atom stereocenters. The Morgan fingerprint density at radius 2 is 1.72 bits per heavy atom. The van der Waals surface area contributed by atoms with Gasteiger partial charge in [-0.25, -0.2) is 8.42 Å². The lowest BCUT2D eigenvalue weighted by Crippen LogP contribution is -2.23. The van der Waals surface area contributed by atoms with E-state index in [2.05, 4.69) is 31.4 Å². The lowest BCUT2D eigenvalue weighted by Gasteiger charge is -2.03. The molecule has 0 saturated heterocycles. The van der Waals surface area contributed by atoms with Crippen LogP contribution in [0.2, 0.25) is 0 Å². The van der Waals surface area contributed by atoms with Crippen LogP contribution in [0.5, 0.6) is 0 Å². The van der Waals surface area contributed by atoms with Gasteiger partial charge in [-0.1, -0.05) is 39.2 Å². The van der Waals surface area contributed by atoms with Gasteiger partial charge in [0.2, 0.25) is 11.8 Å². The molecule has 0 aliphatic carbocycles. The van der Waals surface area contributed by atoms with E-state index >= 15 is 0 Å². The van der Waals surface area contributed by atoms with Gasteiger partial charge >= 0.3 is 6.01 Å². The molecule has 9 heteroatoms. The van der Waals surface area contributed by atoms with E-state index < -0.39 is 21.5 Å². The lowest BCUT2D eigenvalue weighted by atomic mass is 10.2. The van der Waals surface area contributed by atoms with E-state index in [-0.39, 0.29) is 16.8 Å². The number of amides is 1. The number of nitrogens with zero attached hydrogens (tertiary/aromatic N) is 2. The fraction of sp³-hybridized carbons (Fsp3) is 0.0625. The molecule has 2 aromatic carbocycles. The quantitative estimate of drug-likeness (QED) is 0.679. The van der Waals surface area contributed by atoms with Crippen molar-refractivity contribution in [2.75, 3.05) is 11.1 Å². The van der Waals surface area contributed by atoms with Crippen LogP contribution in [0.3, 0.4) is 0 Å². The number of hydrogen-bond acceptors (Lipinski definition) is 6. The number of carbonyl (C=O) groups is 1. The Bertz CT molecular complexity index is 986. The summed E-state index contributed by atoms with van der Waals surface area (Å²) < 4.78 is 30.6. The van der Waals surface area contributed by atoms with Crippen LogP contribution in [-0.2, 0) is 14.6 Å². The number of rotatable bonds is 5. The predicted molar refractivity (Wildman–Crippen MR) is 94.6 cm³/mol. The summed E-state index contributed by atoms with van der Waals surface area (Å²) in [6.45, 7) is 0. The van der Waals surface area contributed by atoms with Gasteiger partial charge in [0.1, 0.15) is 5.75 Å². The highest BCUT2D eigenvalue weighted by atomic mass is 79.9. The van der Waals surface area contributed by atoms with Crippen LogP contribution >= 0.6 is 15.9 Å². The zero-order valence-corrected chi connectivity index (χ0v) is 15.1. The molecule has 0 unspecified atom stereocenters. The second-order valence-corrected chi connectivity index (χ2v) is 7.94. The highest BCUT2D eigenvalue weighted by Gasteiger charge is 2.20. The monoisotopic (exact) mass is 421 g/mol. The zero-order chi connectivity index (χ0) is 17.9. The largest absolute Gasteiger partial charge is 0.403 e. The minimum absolute atomic E-state index is 0.0752. The number of benzene rings is 2. The van der Waals surface area contributed by atoms with Crippen LogP contribution in [0.15, 0.2) is 68.4 Å². The number of nitrogens with one attached hydrogen (secondary N) is 1. The molecule has 25 heavy (non-hydrogen) atoms. The summed E-state index contributed by atoms with van der Waals surface area (Å²) in [6.07, 6.45) is 0. The van der Waals surface area contributed by atoms with Crippen LogP contribution in [0, 0.1) is 0 Å². The smallest absolute Gasteiger partial charge is 0.322 e. The SMILES string of the molecule is O=C(CS(=O)(=O)c1ccccc1)Nc1nnc(-c2ccc(Br)cc2)o1. The number of hydrogen-bond donors (Lipinski definition) is 1. The summed E-state index contributed by atoms with van der Waals surface area (Å²) in [4.78, 5) is 12.0. The van der Waals surface area contributed by atoms with E-state index in [1.807, 2.05) is 12.1 Å². The first-order chi connectivity index (χ1) is 11.9. The Labute approximate surface area is 152 Å². The van der Waals surface area contributed by atoms with E-state index in [1.165, 1.54) is 12.1 Å². The van der Waals surface area contributed by atoms with Gasteiger partial charge in [-0.2, -0.15) is 0 Å². The highest BCUT2D eigenvalue weighted by Crippen LogP contribution is 2.22. The van der Waals surface area contributed by atoms with Gasteiger partial charge in [0.25, 0.3) is 0 Å². The summed E-state index contributed by atoms with van der Waals surface area (Å²) in [5, 5.41) is 9.83. The van der Waals surface area contributed by atoms with Crippen molar-refractivity contribution in [3.8, 4) is 11.5 Å². The van der Waals surface area contributed by atoms with Crippen molar-refractivity contribution in [3.63, 3.8) is 0 Å². The highest BCUT2D eigenvalue weighted by molar-refractivity contribution is 9.10. The second kappa shape index (κ2) is 7.16. The summed E-state index contributed by atoms with van der Waals surface area (Å²) in [6, 6.07) is 14.7. The Morgan fingerprint density at radius 1 is 1.04 bits per heavy atom. The number of carbonyl (C=O) groups excluding carboxylic acids is 1. The molecule has 3 aromatic rings.